The summed E-state index contributed by atoms with van der Waals surface area (Å²) in [6.45, 7) is 4.98. The molecule has 0 radical (unpaired) electrons. The summed E-state index contributed by atoms with van der Waals surface area (Å²) in [4.78, 5) is 24.6. The summed E-state index contributed by atoms with van der Waals surface area (Å²) in [6.07, 6.45) is 68.2. The van der Waals surface area contributed by atoms with Gasteiger partial charge in [0, 0.05) is 12.8 Å². The van der Waals surface area contributed by atoms with Gasteiger partial charge in [-0.1, -0.05) is 322 Å². The Morgan fingerprint density at radius 3 is 0.897 bits per heavy atom. The molecule has 0 aliphatic carbocycles. The van der Waals surface area contributed by atoms with E-state index in [0.717, 1.165) is 38.5 Å². The lowest BCUT2D eigenvalue weighted by Crippen LogP contribution is -2.45. The van der Waals surface area contributed by atoms with Crippen molar-refractivity contribution >= 4 is 11.9 Å². The van der Waals surface area contributed by atoms with Crippen molar-refractivity contribution in [1.82, 2.24) is 5.32 Å². The first kappa shape index (κ1) is 66.9. The molecule has 0 aromatic heterocycles. The van der Waals surface area contributed by atoms with Gasteiger partial charge in [-0.15, -0.1) is 0 Å². The molecule has 406 valence electrons. The molecule has 0 aromatic rings. The number of hydrogen-bond donors (Lipinski definition) is 3. The van der Waals surface area contributed by atoms with Crippen molar-refractivity contribution in [1.29, 1.82) is 0 Å². The van der Waals surface area contributed by atoms with Crippen molar-refractivity contribution in [2.45, 2.75) is 373 Å². The Morgan fingerprint density at radius 2 is 0.603 bits per heavy atom. The fourth-order valence-electron chi connectivity index (χ4n) is 10.1. The van der Waals surface area contributed by atoms with Gasteiger partial charge in [-0.05, 0) is 25.7 Å². The minimum Gasteiger partial charge on any atom is -0.466 e. The first-order chi connectivity index (χ1) is 33.5. The summed E-state index contributed by atoms with van der Waals surface area (Å²) < 4.78 is 5.50. The van der Waals surface area contributed by atoms with E-state index in [1.807, 2.05) is 0 Å². The van der Waals surface area contributed by atoms with E-state index in [1.165, 1.54) is 289 Å². The highest BCUT2D eigenvalue weighted by atomic mass is 16.5. The van der Waals surface area contributed by atoms with Crippen molar-refractivity contribution in [2.75, 3.05) is 13.2 Å². The van der Waals surface area contributed by atoms with Gasteiger partial charge >= 0.3 is 5.97 Å². The van der Waals surface area contributed by atoms with Crippen LogP contribution in [0.1, 0.15) is 361 Å². The maximum Gasteiger partial charge on any atom is 0.305 e. The third-order valence-electron chi connectivity index (χ3n) is 14.9. The molecule has 3 N–H and O–H groups in total. The zero-order valence-electron chi connectivity index (χ0n) is 46.4. The smallest absolute Gasteiger partial charge is 0.305 e. The second kappa shape index (κ2) is 58.4. The molecule has 0 bridgehead atoms. The van der Waals surface area contributed by atoms with Crippen LogP contribution in [0.15, 0.2) is 0 Å². The normalized spacial score (nSPS) is 12.5. The molecule has 0 aliphatic heterocycles. The van der Waals surface area contributed by atoms with Gasteiger partial charge < -0.3 is 20.3 Å². The van der Waals surface area contributed by atoms with E-state index in [4.69, 9.17) is 4.74 Å². The van der Waals surface area contributed by atoms with E-state index in [9.17, 15) is 19.8 Å². The van der Waals surface area contributed by atoms with Crippen LogP contribution in [0.3, 0.4) is 0 Å². The number of esters is 1. The molecular formula is C62H123NO5. The number of aliphatic hydroxyl groups excluding tert-OH is 2. The Labute approximate surface area is 426 Å². The van der Waals surface area contributed by atoms with Gasteiger partial charge in [0.05, 0.1) is 25.4 Å². The maximum atomic E-state index is 12.5. The van der Waals surface area contributed by atoms with Crippen LogP contribution in [0.4, 0.5) is 0 Å². The van der Waals surface area contributed by atoms with Gasteiger partial charge in [0.2, 0.25) is 5.91 Å². The largest absolute Gasteiger partial charge is 0.466 e. The highest BCUT2D eigenvalue weighted by Gasteiger charge is 2.20. The van der Waals surface area contributed by atoms with Crippen molar-refractivity contribution in [2.24, 2.45) is 0 Å². The Balaban J connectivity index is 3.36. The molecule has 0 aromatic carbocycles. The summed E-state index contributed by atoms with van der Waals surface area (Å²) in [5.74, 6) is -0.0229. The molecular weight excluding hydrogens is 839 g/mol. The molecule has 2 unspecified atom stereocenters. The number of carbonyl (C=O) groups is 2. The van der Waals surface area contributed by atoms with E-state index in [2.05, 4.69) is 19.2 Å². The second-order valence-corrected chi connectivity index (χ2v) is 21.8. The lowest BCUT2D eigenvalue weighted by Gasteiger charge is -2.22. The topological polar surface area (TPSA) is 95.9 Å². The summed E-state index contributed by atoms with van der Waals surface area (Å²) in [7, 11) is 0. The van der Waals surface area contributed by atoms with Gasteiger partial charge in [-0.3, -0.25) is 9.59 Å². The molecule has 2 atom stereocenters. The van der Waals surface area contributed by atoms with E-state index in [1.54, 1.807) is 0 Å². The minimum absolute atomic E-state index is 0.0132. The van der Waals surface area contributed by atoms with Crippen LogP contribution >= 0.6 is 0 Å². The van der Waals surface area contributed by atoms with Crippen molar-refractivity contribution in [3.05, 3.63) is 0 Å². The van der Waals surface area contributed by atoms with Crippen LogP contribution in [-0.2, 0) is 14.3 Å². The van der Waals surface area contributed by atoms with E-state index in [0.29, 0.717) is 25.9 Å². The van der Waals surface area contributed by atoms with E-state index in [-0.39, 0.29) is 18.5 Å². The number of hydrogen-bond acceptors (Lipinski definition) is 5. The molecule has 0 fully saturated rings. The lowest BCUT2D eigenvalue weighted by atomic mass is 10.0. The predicted molar refractivity (Wildman–Crippen MR) is 297 cm³/mol. The molecule has 0 saturated carbocycles. The zero-order chi connectivity index (χ0) is 49.3. The van der Waals surface area contributed by atoms with Crippen LogP contribution in [0.2, 0.25) is 0 Å². The Kier molecular flexibility index (Phi) is 57.5. The molecule has 6 nitrogen and oxygen atoms in total. The average Bonchev–Trinajstić information content (AvgIpc) is 3.34. The van der Waals surface area contributed by atoms with Crippen molar-refractivity contribution in [3.63, 3.8) is 0 Å². The number of rotatable bonds is 59. The monoisotopic (exact) mass is 962 g/mol. The number of amides is 1. The number of carbonyl (C=O) groups excluding carboxylic acids is 2. The van der Waals surface area contributed by atoms with Gasteiger partial charge in [-0.25, -0.2) is 0 Å². The average molecular weight is 963 g/mol. The van der Waals surface area contributed by atoms with Crippen molar-refractivity contribution < 1.29 is 24.5 Å². The van der Waals surface area contributed by atoms with Crippen LogP contribution < -0.4 is 5.32 Å². The van der Waals surface area contributed by atoms with Crippen molar-refractivity contribution in [3.8, 4) is 0 Å². The predicted octanol–water partition coefficient (Wildman–Crippen LogP) is 19.5. The molecule has 0 saturated heterocycles. The Bertz CT molecular complexity index is 975. The van der Waals surface area contributed by atoms with Crippen LogP contribution in [-0.4, -0.2) is 47.4 Å². The fraction of sp³-hybridized carbons (Fsp3) is 0.968. The summed E-state index contributed by atoms with van der Waals surface area (Å²) in [5, 5.41) is 23.3. The van der Waals surface area contributed by atoms with Gasteiger partial charge in [0.25, 0.3) is 0 Å². The molecule has 68 heavy (non-hydrogen) atoms. The Morgan fingerprint density at radius 1 is 0.353 bits per heavy atom. The SMILES string of the molecule is CCCCCCCCCCCCCCCCCCCCCC(=O)OCCCCCCCCCCCCCCCCCCCCC(=O)NC(CO)C(O)CCCCCCCCCCCCCCCC. The Hall–Kier alpha value is -1.14. The highest BCUT2D eigenvalue weighted by molar-refractivity contribution is 5.76. The van der Waals surface area contributed by atoms with Gasteiger partial charge in [-0.2, -0.15) is 0 Å². The molecule has 0 aliphatic rings. The second-order valence-electron chi connectivity index (χ2n) is 21.8. The number of unbranched alkanes of at least 4 members (excludes halogenated alkanes) is 48. The first-order valence-electron chi connectivity index (χ1n) is 31.3. The van der Waals surface area contributed by atoms with Gasteiger partial charge in [0.1, 0.15) is 0 Å². The highest BCUT2D eigenvalue weighted by Crippen LogP contribution is 2.19. The standard InChI is InChI=1S/C62H123NO5/c1-3-5-7-9-11-13-15-17-19-20-21-25-28-32-36-40-44-48-52-56-62(67)68-57-53-49-45-41-37-33-29-26-23-22-24-27-31-35-39-43-47-51-55-61(66)63-59(58-64)60(65)54-50-46-42-38-34-30-18-16-14-12-10-8-6-4-2/h59-60,64-65H,3-58H2,1-2H3,(H,63,66). The first-order valence-corrected chi connectivity index (χ1v) is 31.3. The molecule has 1 amide bonds. The minimum atomic E-state index is -0.665. The zero-order valence-corrected chi connectivity index (χ0v) is 46.4. The van der Waals surface area contributed by atoms with Gasteiger partial charge in [0.15, 0.2) is 0 Å². The maximum absolute atomic E-state index is 12.5. The number of nitrogens with one attached hydrogen (secondary N) is 1. The molecule has 0 rings (SSSR count). The number of aliphatic hydroxyl groups is 2. The summed E-state index contributed by atoms with van der Waals surface area (Å²) in [5.41, 5.74) is 0. The number of ether oxygens (including phenoxy) is 1. The third kappa shape index (κ3) is 54.2. The van der Waals surface area contributed by atoms with Crippen LogP contribution in [0.25, 0.3) is 0 Å². The molecule has 0 spiro atoms. The summed E-state index contributed by atoms with van der Waals surface area (Å²) in [6, 6.07) is -0.543. The van der Waals surface area contributed by atoms with E-state index >= 15 is 0 Å². The summed E-state index contributed by atoms with van der Waals surface area (Å²) >= 11 is 0. The lowest BCUT2D eigenvalue weighted by molar-refractivity contribution is -0.143. The molecule has 6 heteroatoms. The van der Waals surface area contributed by atoms with Crippen LogP contribution in [0, 0.1) is 0 Å². The van der Waals surface area contributed by atoms with E-state index < -0.39 is 12.1 Å². The quantitative estimate of drug-likeness (QED) is 0.0417. The van der Waals surface area contributed by atoms with Crippen LogP contribution in [0.5, 0.6) is 0 Å². The fourth-order valence-corrected chi connectivity index (χ4v) is 10.1. The third-order valence-corrected chi connectivity index (χ3v) is 14.9. The molecule has 0 heterocycles.